The molecule has 0 saturated heterocycles. The molecule has 8 aliphatic rings. The van der Waals surface area contributed by atoms with Crippen LogP contribution in [0, 0.1) is 46.3 Å². The van der Waals surface area contributed by atoms with Gasteiger partial charge in [-0.05, 0) is 135 Å². The average Bonchev–Trinajstić information content (AvgIpc) is 2.86. The van der Waals surface area contributed by atoms with Gasteiger partial charge >= 0.3 is 11.9 Å². The Morgan fingerprint density at radius 3 is 1.40 bits per heavy atom. The second-order valence-electron chi connectivity index (χ2n) is 14.6. The monoisotopic (exact) mass is 626 g/mol. The number of rotatable bonds is 13. The van der Waals surface area contributed by atoms with Crippen LogP contribution in [0.2, 0.25) is 0 Å². The van der Waals surface area contributed by atoms with Crippen LogP contribution in [0.5, 0.6) is 0 Å². The summed E-state index contributed by atoms with van der Waals surface area (Å²) >= 11 is 5.57. The molecule has 8 bridgehead atoms. The topological polar surface area (TPSA) is 165 Å². The minimum absolute atomic E-state index is 0.105. The van der Waals surface area contributed by atoms with Gasteiger partial charge in [0.1, 0.15) is 13.2 Å². The van der Waals surface area contributed by atoms with Gasteiger partial charge in [0.05, 0.1) is 13.2 Å². The second-order valence-corrected chi connectivity index (χ2v) is 15.0. The van der Waals surface area contributed by atoms with E-state index in [0.717, 1.165) is 35.5 Å². The van der Waals surface area contributed by atoms with Crippen molar-refractivity contribution < 1.29 is 38.9 Å². The molecule has 0 aromatic rings. The Labute approximate surface area is 260 Å². The van der Waals surface area contributed by atoms with Gasteiger partial charge < -0.3 is 30.7 Å². The highest BCUT2D eigenvalue weighted by atomic mass is 35.5. The van der Waals surface area contributed by atoms with Crippen molar-refractivity contribution in [1.82, 2.24) is 5.32 Å². The van der Waals surface area contributed by atoms with Gasteiger partial charge in [0.25, 0.3) is 0 Å². The van der Waals surface area contributed by atoms with Crippen molar-refractivity contribution in [2.45, 2.75) is 89.9 Å². The number of carboxylic acids is 2. The van der Waals surface area contributed by atoms with Gasteiger partial charge in [0.15, 0.2) is 0 Å². The number of hydrogen-bond donors (Lipinski definition) is 4. The highest BCUT2D eigenvalue weighted by Crippen LogP contribution is 2.62. The van der Waals surface area contributed by atoms with Crippen molar-refractivity contribution in [2.75, 3.05) is 39.5 Å². The first-order chi connectivity index (χ1) is 20.5. The molecule has 8 fully saturated rings. The average molecular weight is 627 g/mol. The number of aliphatic carboxylic acids is 2. The Morgan fingerprint density at radius 1 is 0.674 bits per heavy atom. The number of carbonyl (C=O) groups is 4. The maximum absolute atomic E-state index is 12.1. The van der Waals surface area contributed by atoms with E-state index < -0.39 is 11.9 Å². The minimum atomic E-state index is -0.977. The number of hydrogen-bond acceptors (Lipinski definition) is 7. The number of amides is 1. The summed E-state index contributed by atoms with van der Waals surface area (Å²) in [7, 11) is 0. The largest absolute Gasteiger partial charge is 0.480 e. The lowest BCUT2D eigenvalue weighted by Gasteiger charge is -2.56. The van der Waals surface area contributed by atoms with Crippen molar-refractivity contribution in [3.63, 3.8) is 0 Å². The van der Waals surface area contributed by atoms with E-state index in [4.69, 9.17) is 32.3 Å². The maximum Gasteiger partial charge on any atom is 0.329 e. The molecule has 0 aliphatic heterocycles. The molecule has 10 nitrogen and oxygen atoms in total. The lowest BCUT2D eigenvalue weighted by molar-refractivity contribution is -0.143. The predicted molar refractivity (Wildman–Crippen MR) is 160 cm³/mol. The van der Waals surface area contributed by atoms with E-state index in [1.54, 1.807) is 0 Å². The quantitative estimate of drug-likeness (QED) is 0.173. The third-order valence-corrected chi connectivity index (χ3v) is 10.8. The van der Waals surface area contributed by atoms with Crippen LogP contribution in [0.1, 0.15) is 89.9 Å². The Morgan fingerprint density at radius 2 is 1.05 bits per heavy atom. The van der Waals surface area contributed by atoms with Gasteiger partial charge in [-0.1, -0.05) is 0 Å². The molecule has 1 amide bonds. The summed E-state index contributed by atoms with van der Waals surface area (Å²) in [4.78, 5) is 43.2. The number of carbonyl (C=O) groups excluding carboxylic acids is 2. The first-order valence-electron chi connectivity index (χ1n) is 16.2. The molecule has 8 rings (SSSR count). The Balaban J connectivity index is 0.000000165. The third-order valence-electron chi connectivity index (χ3n) is 10.7. The molecule has 8 saturated carbocycles. The molecule has 244 valence electrons. The molecule has 0 radical (unpaired) electrons. The fourth-order valence-electron chi connectivity index (χ4n) is 10.4. The van der Waals surface area contributed by atoms with E-state index >= 15 is 0 Å². The number of carboxylic acid groups (broad SMARTS) is 2. The van der Waals surface area contributed by atoms with E-state index in [-0.39, 0.29) is 36.4 Å². The zero-order chi connectivity index (χ0) is 31.0. The molecular formula is C32H51ClN2O8. The van der Waals surface area contributed by atoms with Crippen molar-refractivity contribution in [2.24, 2.45) is 52.1 Å². The molecule has 43 heavy (non-hydrogen) atoms. The Bertz CT molecular complexity index is 918. The van der Waals surface area contributed by atoms with Gasteiger partial charge in [-0.3, -0.25) is 9.59 Å². The molecule has 0 aromatic heterocycles. The SMILES string of the molecule is NCCOCC(=O)O.O=C(Cl)CC12CC3CC(CC(C3)C1)C2.O=C(O)COCCNC(=O)CC12CC3CC(CC(C3)C1)C2. The Kier molecular flexibility index (Phi) is 12.3. The summed E-state index contributed by atoms with van der Waals surface area (Å²) in [6.45, 7) is 0.791. The lowest BCUT2D eigenvalue weighted by atomic mass is 9.49. The second kappa shape index (κ2) is 15.5. The summed E-state index contributed by atoms with van der Waals surface area (Å²) < 4.78 is 9.44. The molecule has 0 heterocycles. The van der Waals surface area contributed by atoms with Crippen LogP contribution in [0.4, 0.5) is 0 Å². The summed E-state index contributed by atoms with van der Waals surface area (Å²) in [5.41, 5.74) is 5.60. The van der Waals surface area contributed by atoms with Crippen LogP contribution in [0.15, 0.2) is 0 Å². The number of nitrogens with two attached hydrogens (primary N) is 1. The van der Waals surface area contributed by atoms with Crippen LogP contribution < -0.4 is 11.1 Å². The van der Waals surface area contributed by atoms with Crippen LogP contribution in [-0.4, -0.2) is 72.8 Å². The summed E-state index contributed by atoms with van der Waals surface area (Å²) in [5.74, 6) is 3.55. The molecule has 0 unspecified atom stereocenters. The highest BCUT2D eigenvalue weighted by Gasteiger charge is 2.52. The zero-order valence-electron chi connectivity index (χ0n) is 25.4. The third kappa shape index (κ3) is 10.4. The number of ether oxygens (including phenoxy) is 2. The van der Waals surface area contributed by atoms with Gasteiger partial charge in [-0.25, -0.2) is 9.59 Å². The molecule has 0 atom stereocenters. The number of halogens is 1. The van der Waals surface area contributed by atoms with Crippen LogP contribution >= 0.6 is 11.6 Å². The first-order valence-corrected chi connectivity index (χ1v) is 16.6. The first kappa shape index (κ1) is 34.1. The Hall–Kier alpha value is -1.75. The van der Waals surface area contributed by atoms with Crippen LogP contribution in [-0.2, 0) is 28.7 Å². The summed E-state index contributed by atoms with van der Waals surface area (Å²) in [6.07, 6.45) is 17.4. The van der Waals surface area contributed by atoms with Gasteiger partial charge in [0.2, 0.25) is 11.1 Å². The van der Waals surface area contributed by atoms with E-state index in [9.17, 15) is 19.2 Å². The lowest BCUT2D eigenvalue weighted by Crippen LogP contribution is -2.48. The maximum atomic E-state index is 12.1. The predicted octanol–water partition coefficient (Wildman–Crippen LogP) is 4.21. The van der Waals surface area contributed by atoms with Gasteiger partial charge in [-0.2, -0.15) is 0 Å². The fourth-order valence-corrected chi connectivity index (χ4v) is 10.7. The smallest absolute Gasteiger partial charge is 0.329 e. The molecular weight excluding hydrogens is 576 g/mol. The molecule has 8 aliphatic carbocycles. The van der Waals surface area contributed by atoms with Crippen molar-refractivity contribution in [3.8, 4) is 0 Å². The normalized spacial score (nSPS) is 35.8. The van der Waals surface area contributed by atoms with E-state index in [1.165, 1.54) is 77.0 Å². The summed E-state index contributed by atoms with van der Waals surface area (Å²) in [6, 6.07) is 0. The van der Waals surface area contributed by atoms with Crippen molar-refractivity contribution in [3.05, 3.63) is 0 Å². The number of nitrogens with one attached hydrogen (secondary N) is 1. The van der Waals surface area contributed by atoms with Gasteiger partial charge in [0, 0.05) is 25.9 Å². The van der Waals surface area contributed by atoms with Crippen LogP contribution in [0.3, 0.4) is 0 Å². The molecule has 11 heteroatoms. The van der Waals surface area contributed by atoms with Crippen molar-refractivity contribution >= 4 is 34.7 Å². The molecule has 0 spiro atoms. The fraction of sp³-hybridized carbons (Fsp3) is 0.875. The van der Waals surface area contributed by atoms with Crippen molar-refractivity contribution in [1.29, 1.82) is 0 Å². The highest BCUT2D eigenvalue weighted by molar-refractivity contribution is 6.63. The van der Waals surface area contributed by atoms with E-state index in [1.807, 2.05) is 0 Å². The molecule has 0 aromatic carbocycles. The zero-order valence-corrected chi connectivity index (χ0v) is 26.2. The summed E-state index contributed by atoms with van der Waals surface area (Å²) in [5, 5.41) is 19.2. The van der Waals surface area contributed by atoms with Crippen LogP contribution in [0.25, 0.3) is 0 Å². The molecule has 5 N–H and O–H groups in total. The van der Waals surface area contributed by atoms with Gasteiger partial charge in [-0.15, -0.1) is 0 Å². The van der Waals surface area contributed by atoms with E-state index in [2.05, 4.69) is 10.1 Å². The standard InChI is InChI=1S/C16H25NO4.C12H17ClO.C4H9NO3/c18-14(17-1-2-21-10-15(19)20)9-16-6-11-3-12(7-16)5-13(4-11)8-16;13-11(14)7-12-4-8-1-9(5-12)3-10(2-8)6-12;5-1-2-8-3-4(6)7/h11-13H,1-10H2,(H,17,18)(H,19,20);8-10H,1-7H2;1-3,5H2,(H,6,7). The minimum Gasteiger partial charge on any atom is -0.480 e. The van der Waals surface area contributed by atoms with E-state index in [0.29, 0.717) is 38.0 Å².